The highest BCUT2D eigenvalue weighted by Crippen LogP contribution is 2.42. The molecule has 0 bridgehead atoms. The fourth-order valence-corrected chi connectivity index (χ4v) is 4.15. The van der Waals surface area contributed by atoms with E-state index < -0.39 is 46.1 Å². The van der Waals surface area contributed by atoms with Crippen LogP contribution >= 0.6 is 0 Å². The molecule has 10 heteroatoms. The Morgan fingerprint density at radius 1 is 1.29 bits per heavy atom. The Hall–Kier alpha value is -3.04. The fourth-order valence-electron chi connectivity index (χ4n) is 4.15. The number of hydrogen-bond acceptors (Lipinski definition) is 7. The van der Waals surface area contributed by atoms with Crippen LogP contribution in [0.4, 0.5) is 4.79 Å². The SMILES string of the molecule is CC[C@H](C)[C@H](NC(=O)CC1(c2oc(C)cc(=O)c2O)CCN(C(=O)OC(C)(C)C)CC1)C(N)=O. The average Bonchev–Trinajstić information content (AvgIpc) is 2.73. The highest BCUT2D eigenvalue weighted by Gasteiger charge is 2.45. The predicted molar refractivity (Wildman–Crippen MR) is 125 cm³/mol. The van der Waals surface area contributed by atoms with Crippen LogP contribution in [-0.2, 0) is 19.7 Å². The second kappa shape index (κ2) is 10.5. The summed E-state index contributed by atoms with van der Waals surface area (Å²) in [6.45, 7) is 11.1. The van der Waals surface area contributed by atoms with E-state index in [9.17, 15) is 24.3 Å². The summed E-state index contributed by atoms with van der Waals surface area (Å²) in [5.41, 5.74) is 3.16. The maximum Gasteiger partial charge on any atom is 0.410 e. The van der Waals surface area contributed by atoms with E-state index in [0.717, 1.165) is 0 Å². The van der Waals surface area contributed by atoms with Crippen molar-refractivity contribution in [1.82, 2.24) is 10.2 Å². The molecule has 1 aromatic heterocycles. The van der Waals surface area contributed by atoms with Gasteiger partial charge in [-0.1, -0.05) is 20.3 Å². The van der Waals surface area contributed by atoms with Crippen molar-refractivity contribution < 1.29 is 28.6 Å². The van der Waals surface area contributed by atoms with Crippen LogP contribution < -0.4 is 16.5 Å². The number of aryl methyl sites for hydroxylation is 1. The van der Waals surface area contributed by atoms with Gasteiger partial charge in [-0.15, -0.1) is 0 Å². The number of ether oxygens (including phenoxy) is 1. The lowest BCUT2D eigenvalue weighted by Crippen LogP contribution is -2.52. The Balaban J connectivity index is 2.36. The lowest BCUT2D eigenvalue weighted by molar-refractivity contribution is -0.129. The molecule has 1 saturated heterocycles. The smallest absolute Gasteiger partial charge is 0.410 e. The molecule has 10 nitrogen and oxygen atoms in total. The predicted octanol–water partition coefficient (Wildman–Crippen LogP) is 2.33. The Morgan fingerprint density at radius 3 is 2.38 bits per heavy atom. The molecule has 0 saturated carbocycles. The van der Waals surface area contributed by atoms with Crippen LogP contribution in [-0.4, -0.2) is 52.6 Å². The summed E-state index contributed by atoms with van der Waals surface area (Å²) in [5.74, 6) is -1.52. The Morgan fingerprint density at radius 2 is 1.88 bits per heavy atom. The molecule has 1 aliphatic heterocycles. The van der Waals surface area contributed by atoms with Crippen molar-refractivity contribution >= 4 is 17.9 Å². The van der Waals surface area contributed by atoms with Crippen LogP contribution in [0.5, 0.6) is 5.75 Å². The molecule has 0 aliphatic carbocycles. The molecule has 2 atom stereocenters. The van der Waals surface area contributed by atoms with Crippen LogP contribution in [0.25, 0.3) is 0 Å². The zero-order valence-corrected chi connectivity index (χ0v) is 20.9. The van der Waals surface area contributed by atoms with Gasteiger partial charge >= 0.3 is 6.09 Å². The van der Waals surface area contributed by atoms with Gasteiger partial charge in [0.2, 0.25) is 23.0 Å². The molecule has 0 aromatic carbocycles. The van der Waals surface area contributed by atoms with Crippen molar-refractivity contribution in [3.05, 3.63) is 27.8 Å². The molecule has 1 aromatic rings. The highest BCUT2D eigenvalue weighted by atomic mass is 16.6. The Kier molecular flexibility index (Phi) is 8.39. The molecule has 4 N–H and O–H groups in total. The summed E-state index contributed by atoms with van der Waals surface area (Å²) in [7, 11) is 0. The first-order valence-electron chi connectivity index (χ1n) is 11.6. The van der Waals surface area contributed by atoms with E-state index in [1.54, 1.807) is 27.7 Å². The van der Waals surface area contributed by atoms with Crippen LogP contribution in [0.1, 0.15) is 71.8 Å². The number of amides is 3. The molecule has 2 heterocycles. The maximum absolute atomic E-state index is 13.1. The minimum absolute atomic E-state index is 0.00986. The van der Waals surface area contributed by atoms with Gasteiger partial charge in [-0.05, 0) is 46.5 Å². The van der Waals surface area contributed by atoms with Crippen molar-refractivity contribution in [3.63, 3.8) is 0 Å². The van der Waals surface area contributed by atoms with Gasteiger partial charge in [0.25, 0.3) is 0 Å². The highest BCUT2D eigenvalue weighted by molar-refractivity contribution is 5.87. The number of nitrogens with zero attached hydrogens (tertiary/aromatic N) is 1. The number of aromatic hydroxyl groups is 1. The van der Waals surface area contributed by atoms with Gasteiger partial charge in [-0.3, -0.25) is 14.4 Å². The molecule has 0 unspecified atom stereocenters. The summed E-state index contributed by atoms with van der Waals surface area (Å²) in [4.78, 5) is 51.3. The van der Waals surface area contributed by atoms with Gasteiger partial charge in [0.1, 0.15) is 17.4 Å². The molecule has 3 amide bonds. The van der Waals surface area contributed by atoms with Gasteiger partial charge in [0.15, 0.2) is 5.76 Å². The third kappa shape index (κ3) is 6.51. The van der Waals surface area contributed by atoms with E-state index in [0.29, 0.717) is 12.2 Å². The normalized spacial score (nSPS) is 17.5. The van der Waals surface area contributed by atoms with E-state index in [4.69, 9.17) is 14.9 Å². The summed E-state index contributed by atoms with van der Waals surface area (Å²) in [5, 5.41) is 13.3. The van der Waals surface area contributed by atoms with E-state index >= 15 is 0 Å². The molecular weight excluding hydrogens is 442 g/mol. The summed E-state index contributed by atoms with van der Waals surface area (Å²) < 4.78 is 11.2. The van der Waals surface area contributed by atoms with Gasteiger partial charge in [-0.25, -0.2) is 4.79 Å². The molecule has 0 radical (unpaired) electrons. The fraction of sp³-hybridized carbons (Fsp3) is 0.667. The quantitative estimate of drug-likeness (QED) is 0.542. The topological polar surface area (TPSA) is 152 Å². The number of primary amides is 1. The number of carbonyl (C=O) groups excluding carboxylic acids is 3. The lowest BCUT2D eigenvalue weighted by Gasteiger charge is -2.41. The number of nitrogens with one attached hydrogen (secondary N) is 1. The van der Waals surface area contributed by atoms with Crippen molar-refractivity contribution in [2.45, 2.75) is 84.3 Å². The minimum Gasteiger partial charge on any atom is -0.502 e. The van der Waals surface area contributed by atoms with Crippen molar-refractivity contribution in [1.29, 1.82) is 0 Å². The number of rotatable bonds is 7. The number of carbonyl (C=O) groups is 3. The van der Waals surface area contributed by atoms with Gasteiger partial charge in [0, 0.05) is 31.0 Å². The number of hydrogen-bond donors (Lipinski definition) is 3. The monoisotopic (exact) mass is 479 g/mol. The largest absolute Gasteiger partial charge is 0.502 e. The molecule has 2 rings (SSSR count). The molecule has 1 aliphatic rings. The van der Waals surface area contributed by atoms with Crippen molar-refractivity contribution in [2.75, 3.05) is 13.1 Å². The summed E-state index contributed by atoms with van der Waals surface area (Å²) >= 11 is 0. The van der Waals surface area contributed by atoms with E-state index in [2.05, 4.69) is 5.32 Å². The van der Waals surface area contributed by atoms with Crippen molar-refractivity contribution in [3.8, 4) is 5.75 Å². The van der Waals surface area contributed by atoms with Gasteiger partial charge < -0.3 is 30.2 Å². The first-order valence-corrected chi connectivity index (χ1v) is 11.6. The summed E-state index contributed by atoms with van der Waals surface area (Å²) in [6, 6.07) is 0.323. The minimum atomic E-state index is -1.06. The number of nitrogens with two attached hydrogens (primary N) is 1. The van der Waals surface area contributed by atoms with Crippen LogP contribution in [0.3, 0.4) is 0 Å². The molecular formula is C24H37N3O7. The van der Waals surface area contributed by atoms with Crippen LogP contribution in [0, 0.1) is 12.8 Å². The van der Waals surface area contributed by atoms with E-state index in [-0.39, 0.29) is 44.0 Å². The number of likely N-dealkylation sites (tertiary alicyclic amines) is 1. The van der Waals surface area contributed by atoms with Gasteiger partial charge in [0.05, 0.1) is 0 Å². The third-order valence-electron chi connectivity index (χ3n) is 6.23. The molecule has 0 spiro atoms. The second-order valence-corrected chi connectivity index (χ2v) is 10.2. The third-order valence-corrected chi connectivity index (χ3v) is 6.23. The standard InChI is InChI=1S/C24H37N3O7/c1-7-14(2)18(21(25)31)26-17(29)13-24(20-19(30)16(28)12-15(3)33-20)8-10-27(11-9-24)22(32)34-23(4,5)6/h12,14,18,30H,7-11,13H2,1-6H3,(H2,25,31)(H,26,29)/t14-,18-/m0/s1. The van der Waals surface area contributed by atoms with Crippen LogP contribution in [0.15, 0.2) is 15.3 Å². The maximum atomic E-state index is 13.1. The second-order valence-electron chi connectivity index (χ2n) is 10.2. The van der Waals surface area contributed by atoms with Crippen molar-refractivity contribution in [2.24, 2.45) is 11.7 Å². The number of piperidine rings is 1. The Bertz CT molecular complexity index is 972. The average molecular weight is 480 g/mol. The first-order chi connectivity index (χ1) is 15.7. The zero-order valence-electron chi connectivity index (χ0n) is 20.9. The first kappa shape index (κ1) is 27.2. The molecule has 34 heavy (non-hydrogen) atoms. The van der Waals surface area contributed by atoms with Gasteiger partial charge in [-0.2, -0.15) is 0 Å². The lowest BCUT2D eigenvalue weighted by atomic mass is 9.72. The Labute approximate surface area is 199 Å². The van der Waals surface area contributed by atoms with E-state index in [1.807, 2.05) is 13.8 Å². The molecule has 190 valence electrons. The summed E-state index contributed by atoms with van der Waals surface area (Å²) in [6.07, 6.45) is 0.479. The molecule has 1 fully saturated rings. The van der Waals surface area contributed by atoms with E-state index in [1.165, 1.54) is 11.0 Å². The zero-order chi connectivity index (χ0) is 25.8. The van der Waals surface area contributed by atoms with Crippen LogP contribution in [0.2, 0.25) is 0 Å².